The summed E-state index contributed by atoms with van der Waals surface area (Å²) in [6, 6.07) is 16.2. The van der Waals surface area contributed by atoms with Gasteiger partial charge >= 0.3 is 0 Å². The molecule has 3 heterocycles. The Kier molecular flexibility index (Phi) is 28.0. The number of unbranched alkanes of at least 4 members (excludes halogenated alkanes) is 1. The first kappa shape index (κ1) is 57.1. The quantitative estimate of drug-likeness (QED) is 0.0225. The Hall–Kier alpha value is -7.06. The number of hydrogen-bond acceptors (Lipinski definition) is 7. The lowest BCUT2D eigenvalue weighted by atomic mass is 10.00. The van der Waals surface area contributed by atoms with Gasteiger partial charge in [-0.2, -0.15) is 0 Å². The number of benzene rings is 2. The van der Waals surface area contributed by atoms with Gasteiger partial charge in [-0.15, -0.1) is 13.2 Å². The van der Waals surface area contributed by atoms with Crippen molar-refractivity contribution in [3.8, 4) is 11.5 Å². The van der Waals surface area contributed by atoms with Crippen LogP contribution in [0.1, 0.15) is 130 Å². The summed E-state index contributed by atoms with van der Waals surface area (Å²) in [6.45, 7) is 37.4. The molecule has 0 spiro atoms. The van der Waals surface area contributed by atoms with Crippen molar-refractivity contribution in [1.82, 2.24) is 29.9 Å². The summed E-state index contributed by atoms with van der Waals surface area (Å²) < 4.78 is 0. The van der Waals surface area contributed by atoms with Crippen LogP contribution in [0.2, 0.25) is 0 Å². The molecule has 8 nitrogen and oxygen atoms in total. The van der Waals surface area contributed by atoms with Crippen LogP contribution in [0.15, 0.2) is 176 Å². The fourth-order valence-corrected chi connectivity index (χ4v) is 6.65. The van der Waals surface area contributed by atoms with E-state index in [4.69, 9.17) is 9.97 Å². The van der Waals surface area contributed by atoms with Gasteiger partial charge in [-0.05, 0) is 101 Å². The summed E-state index contributed by atoms with van der Waals surface area (Å²) >= 11 is 0. The van der Waals surface area contributed by atoms with E-state index in [1.54, 1.807) is 24.8 Å². The minimum absolute atomic E-state index is 0.0446. The number of aromatic nitrogens is 6. The molecule has 3 aromatic heterocycles. The summed E-state index contributed by atoms with van der Waals surface area (Å²) in [6.07, 6.45) is 34.2. The third kappa shape index (κ3) is 18.7. The van der Waals surface area contributed by atoms with E-state index < -0.39 is 0 Å². The minimum Gasteiger partial charge on any atom is -0.266 e. The molecular formula is C60H76N8. The Bertz CT molecular complexity index is 2610. The molecule has 0 radical (unpaired) electrons. The van der Waals surface area contributed by atoms with Crippen LogP contribution >= 0.6 is 0 Å². The molecule has 0 N–H and O–H groups in total. The number of allylic oxidation sites excluding steroid dienone is 13. The molecule has 0 bridgehead atoms. The van der Waals surface area contributed by atoms with E-state index in [0.29, 0.717) is 5.82 Å². The number of rotatable bonds is 22. The molecule has 0 aliphatic rings. The third-order valence-corrected chi connectivity index (χ3v) is 10.3. The Labute approximate surface area is 409 Å². The minimum atomic E-state index is 0.0446. The number of nitrogens with zero attached hydrogens (tertiary/aromatic N) is 8. The summed E-state index contributed by atoms with van der Waals surface area (Å²) in [4.78, 5) is 37.2. The summed E-state index contributed by atoms with van der Waals surface area (Å²) in [5, 5.41) is 1.96. The molecule has 1 unspecified atom stereocenters. The molecule has 1 atom stereocenters. The Balaban J connectivity index is 0.000000515. The van der Waals surface area contributed by atoms with Gasteiger partial charge in [-0.3, -0.25) is 4.99 Å². The fourth-order valence-electron chi connectivity index (χ4n) is 6.65. The molecule has 0 saturated heterocycles. The normalized spacial score (nSPS) is 12.5. The first-order valence-corrected chi connectivity index (χ1v) is 24.0. The first-order valence-electron chi connectivity index (χ1n) is 24.0. The topological polar surface area (TPSA) is 102 Å². The van der Waals surface area contributed by atoms with E-state index in [1.165, 1.54) is 5.57 Å². The second-order valence-electron chi connectivity index (χ2n) is 15.2. The number of aliphatic imine (C=N–C) groups is 2. The van der Waals surface area contributed by atoms with E-state index in [2.05, 4.69) is 113 Å². The van der Waals surface area contributed by atoms with Crippen molar-refractivity contribution < 1.29 is 0 Å². The van der Waals surface area contributed by atoms with Crippen LogP contribution in [0.3, 0.4) is 0 Å². The van der Waals surface area contributed by atoms with Gasteiger partial charge in [0.1, 0.15) is 18.4 Å². The van der Waals surface area contributed by atoms with Crippen LogP contribution in [0.25, 0.3) is 50.5 Å². The van der Waals surface area contributed by atoms with Crippen molar-refractivity contribution in [3.05, 3.63) is 189 Å². The van der Waals surface area contributed by atoms with E-state index in [1.807, 2.05) is 121 Å². The van der Waals surface area contributed by atoms with Gasteiger partial charge < -0.3 is 0 Å². The molecule has 0 aliphatic carbocycles. The average molecular weight is 909 g/mol. The van der Waals surface area contributed by atoms with Crippen molar-refractivity contribution in [2.24, 2.45) is 9.98 Å². The molecule has 0 fully saturated rings. The van der Waals surface area contributed by atoms with Crippen LogP contribution in [0.5, 0.6) is 0 Å². The van der Waals surface area contributed by atoms with Crippen molar-refractivity contribution in [3.63, 3.8) is 0 Å². The number of hydrogen-bond donors (Lipinski definition) is 0. The maximum atomic E-state index is 5.12. The second kappa shape index (κ2) is 33.4. The molecular weight excluding hydrogens is 833 g/mol. The molecule has 0 saturated carbocycles. The maximum Gasteiger partial charge on any atom is 0.180 e. The van der Waals surface area contributed by atoms with Gasteiger partial charge in [0.2, 0.25) is 0 Å². The Morgan fingerprint density at radius 1 is 0.809 bits per heavy atom. The molecule has 68 heavy (non-hydrogen) atoms. The zero-order valence-corrected chi connectivity index (χ0v) is 42.5. The standard InChI is InChI=1S/C36H38N6.C20H26N2.2C2H6/c1-6-8-16-27(5)37-24-38-31(26(3)4)21-13-10-18-28(17-9-7-2)34-30-20-12-15-23-33(30)41-36(42-34)35-29-19-11-14-22-32(29)39-25-40-35;1-6-10-12-17(8-3)14-13-16(5)20-21-15-18(9-4)19(22-20)11-7-2;2*1-2/h6-9,11-12,14-16,18-20,22-25,27H,1,3,10,13,17,21H2,2,4-5H3;6-7,9,12-13,15H,1-2,4,8,10-11,14H2,3,5H3;2*1-2H3/b9-7?,16-8-,28-18?,37-24?,38-31?;16-13?,17-12-;;. The zero-order chi connectivity index (χ0) is 50.1. The van der Waals surface area contributed by atoms with Gasteiger partial charge in [0, 0.05) is 34.7 Å². The molecule has 0 aliphatic heterocycles. The van der Waals surface area contributed by atoms with Gasteiger partial charge in [0.25, 0.3) is 0 Å². The Morgan fingerprint density at radius 3 is 2.19 bits per heavy atom. The lowest BCUT2D eigenvalue weighted by molar-refractivity contribution is 0.891. The van der Waals surface area contributed by atoms with E-state index in [-0.39, 0.29) is 6.04 Å². The molecule has 5 aromatic rings. The van der Waals surface area contributed by atoms with Crippen molar-refractivity contribution >= 4 is 51.1 Å². The largest absolute Gasteiger partial charge is 0.266 e. The van der Waals surface area contributed by atoms with Gasteiger partial charge in [0.05, 0.1) is 28.5 Å². The van der Waals surface area contributed by atoms with Crippen molar-refractivity contribution in [1.29, 1.82) is 0 Å². The monoisotopic (exact) mass is 909 g/mol. The number of para-hydroxylation sites is 2. The average Bonchev–Trinajstić information content (AvgIpc) is 3.38. The second-order valence-corrected chi connectivity index (χ2v) is 15.2. The van der Waals surface area contributed by atoms with Crippen molar-refractivity contribution in [2.45, 2.75) is 120 Å². The number of fused-ring (bicyclic) bond motifs is 2. The van der Waals surface area contributed by atoms with E-state index in [9.17, 15) is 0 Å². The highest BCUT2D eigenvalue weighted by atomic mass is 14.9. The fraction of sp³-hybridized carbons (Fsp3) is 0.300. The SMILES string of the molecule is C=C/C=C\C(C)N=CN=C(CCCC=C(CC=CC)c1nc(-c2ncnc3ccccc23)nc2ccccc12)C(=C)C.C=CC/C=C(/CC)CC=C(C)c1ncc(C=C)c(CC=C)n1.CC.CC. The van der Waals surface area contributed by atoms with Gasteiger partial charge in [-0.1, -0.05) is 163 Å². The van der Waals surface area contributed by atoms with Gasteiger partial charge in [-0.25, -0.2) is 34.9 Å². The molecule has 2 aromatic carbocycles. The molecule has 356 valence electrons. The summed E-state index contributed by atoms with van der Waals surface area (Å²) in [7, 11) is 0. The van der Waals surface area contributed by atoms with Crippen LogP contribution in [-0.2, 0) is 6.42 Å². The first-order chi connectivity index (χ1) is 33.2. The Morgan fingerprint density at radius 2 is 1.53 bits per heavy atom. The highest BCUT2D eigenvalue weighted by Crippen LogP contribution is 2.30. The molecule has 0 amide bonds. The lowest BCUT2D eigenvalue weighted by Gasteiger charge is -2.12. The highest BCUT2D eigenvalue weighted by molar-refractivity contribution is 6.02. The predicted octanol–water partition coefficient (Wildman–Crippen LogP) is 16.5. The third-order valence-electron chi connectivity index (χ3n) is 10.3. The van der Waals surface area contributed by atoms with Crippen LogP contribution in [0.4, 0.5) is 0 Å². The van der Waals surface area contributed by atoms with Crippen LogP contribution in [-0.4, -0.2) is 48.0 Å². The summed E-state index contributed by atoms with van der Waals surface area (Å²) in [5.41, 5.74) is 10.9. The zero-order valence-electron chi connectivity index (χ0n) is 42.5. The molecule has 5 rings (SSSR count). The van der Waals surface area contributed by atoms with Crippen molar-refractivity contribution in [2.75, 3.05) is 0 Å². The lowest BCUT2D eigenvalue weighted by Crippen LogP contribution is -2.01. The predicted molar refractivity (Wildman–Crippen MR) is 299 cm³/mol. The smallest absolute Gasteiger partial charge is 0.180 e. The van der Waals surface area contributed by atoms with Gasteiger partial charge in [0.15, 0.2) is 11.6 Å². The van der Waals surface area contributed by atoms with E-state index >= 15 is 0 Å². The van der Waals surface area contributed by atoms with Crippen LogP contribution in [0, 0.1) is 0 Å². The van der Waals surface area contributed by atoms with E-state index in [0.717, 1.165) is 124 Å². The molecule has 8 heteroatoms. The summed E-state index contributed by atoms with van der Waals surface area (Å²) in [5.74, 6) is 1.38. The highest BCUT2D eigenvalue weighted by Gasteiger charge is 2.16. The van der Waals surface area contributed by atoms with Crippen LogP contribution < -0.4 is 0 Å². The maximum absolute atomic E-state index is 5.12.